The molecule has 0 aromatic heterocycles. The van der Waals surface area contributed by atoms with E-state index < -0.39 is 0 Å². The molecule has 0 unspecified atom stereocenters. The van der Waals surface area contributed by atoms with Gasteiger partial charge in [-0.15, -0.1) is 0 Å². The first kappa shape index (κ1) is 19.0. The second-order valence-corrected chi connectivity index (χ2v) is 7.01. The van der Waals surface area contributed by atoms with E-state index in [9.17, 15) is 4.79 Å². The topological polar surface area (TPSA) is 38.3 Å². The average Bonchev–Trinajstić information content (AvgIpc) is 2.60. The van der Waals surface area contributed by atoms with E-state index in [1.165, 1.54) is 11.1 Å². The third-order valence-electron chi connectivity index (χ3n) is 4.32. The molecule has 0 saturated heterocycles. The fraction of sp³-hybridized carbons (Fsp3) is 0.409. The van der Waals surface area contributed by atoms with Crippen molar-refractivity contribution in [1.82, 2.24) is 5.32 Å². The van der Waals surface area contributed by atoms with Gasteiger partial charge in [0.15, 0.2) is 0 Å². The molecular weight excluding hydrogens is 310 g/mol. The monoisotopic (exact) mass is 339 g/mol. The number of rotatable bonds is 8. The molecule has 2 aromatic carbocycles. The summed E-state index contributed by atoms with van der Waals surface area (Å²) < 4.78 is 5.22. The Kier molecular flexibility index (Phi) is 7.05. The minimum atomic E-state index is 0.0384. The summed E-state index contributed by atoms with van der Waals surface area (Å²) in [6.45, 7) is 6.42. The van der Waals surface area contributed by atoms with E-state index in [2.05, 4.69) is 50.4 Å². The summed E-state index contributed by atoms with van der Waals surface area (Å²) in [6.07, 6.45) is 2.19. The number of ether oxygens (including phenoxy) is 1. The molecule has 0 aliphatic carbocycles. The standard InChI is InChI=1S/C22H29NO2/c1-16(2)15-21(19-10-12-20(25-4)13-11-19)23-22(24)14-9-18-7-5-17(3)6-8-18/h5-8,10-13,16,21H,9,14-15H2,1-4H3,(H,23,24)/t21-/m0/s1. The molecule has 2 rings (SSSR count). The Hall–Kier alpha value is -2.29. The van der Waals surface area contributed by atoms with Crippen LogP contribution in [-0.2, 0) is 11.2 Å². The van der Waals surface area contributed by atoms with Crippen LogP contribution in [0, 0.1) is 12.8 Å². The summed E-state index contributed by atoms with van der Waals surface area (Å²) in [5.74, 6) is 1.43. The fourth-order valence-electron chi connectivity index (χ4n) is 2.87. The van der Waals surface area contributed by atoms with Crippen LogP contribution in [0.15, 0.2) is 48.5 Å². The van der Waals surface area contributed by atoms with E-state index >= 15 is 0 Å². The number of carbonyl (C=O) groups excluding carboxylic acids is 1. The average molecular weight is 339 g/mol. The molecule has 0 saturated carbocycles. The summed E-state index contributed by atoms with van der Waals surface area (Å²) in [5, 5.41) is 3.20. The minimum absolute atomic E-state index is 0.0384. The number of carbonyl (C=O) groups is 1. The van der Waals surface area contributed by atoms with Gasteiger partial charge < -0.3 is 10.1 Å². The lowest BCUT2D eigenvalue weighted by molar-refractivity contribution is -0.121. The highest BCUT2D eigenvalue weighted by molar-refractivity contribution is 5.76. The van der Waals surface area contributed by atoms with Gasteiger partial charge in [-0.25, -0.2) is 0 Å². The van der Waals surface area contributed by atoms with Gasteiger partial charge in [-0.1, -0.05) is 55.8 Å². The van der Waals surface area contributed by atoms with Crippen LogP contribution >= 0.6 is 0 Å². The van der Waals surface area contributed by atoms with E-state index in [1.54, 1.807) is 7.11 Å². The van der Waals surface area contributed by atoms with Gasteiger partial charge in [0.25, 0.3) is 0 Å². The third kappa shape index (κ3) is 6.26. The molecule has 1 N–H and O–H groups in total. The summed E-state index contributed by atoms with van der Waals surface area (Å²) in [7, 11) is 1.66. The van der Waals surface area contributed by atoms with E-state index in [0.29, 0.717) is 12.3 Å². The molecule has 0 spiro atoms. The lowest BCUT2D eigenvalue weighted by Gasteiger charge is -2.21. The second-order valence-electron chi connectivity index (χ2n) is 7.01. The van der Waals surface area contributed by atoms with E-state index in [0.717, 1.165) is 24.2 Å². The molecule has 1 amide bonds. The van der Waals surface area contributed by atoms with Gasteiger partial charge in [0.2, 0.25) is 5.91 Å². The predicted molar refractivity (Wildman–Crippen MR) is 103 cm³/mol. The van der Waals surface area contributed by atoms with Crippen molar-refractivity contribution < 1.29 is 9.53 Å². The molecule has 0 radical (unpaired) electrons. The summed E-state index contributed by atoms with van der Waals surface area (Å²) in [4.78, 5) is 12.4. The molecule has 0 bridgehead atoms. The molecule has 1 atom stereocenters. The zero-order valence-electron chi connectivity index (χ0n) is 15.7. The Bertz CT molecular complexity index is 659. The highest BCUT2D eigenvalue weighted by atomic mass is 16.5. The first-order valence-corrected chi connectivity index (χ1v) is 8.96. The Morgan fingerprint density at radius 2 is 1.68 bits per heavy atom. The molecule has 0 aliphatic rings. The fourth-order valence-corrected chi connectivity index (χ4v) is 2.87. The van der Waals surface area contributed by atoms with Gasteiger partial charge >= 0.3 is 0 Å². The number of methoxy groups -OCH3 is 1. The second kappa shape index (κ2) is 9.26. The van der Waals surface area contributed by atoms with Crippen LogP contribution in [0.25, 0.3) is 0 Å². The third-order valence-corrected chi connectivity index (χ3v) is 4.32. The Labute approximate surface area is 151 Å². The maximum absolute atomic E-state index is 12.4. The van der Waals surface area contributed by atoms with E-state index in [-0.39, 0.29) is 11.9 Å². The van der Waals surface area contributed by atoms with Crippen molar-refractivity contribution in [3.8, 4) is 5.75 Å². The zero-order chi connectivity index (χ0) is 18.2. The first-order chi connectivity index (χ1) is 12.0. The molecule has 2 aromatic rings. The van der Waals surface area contributed by atoms with Crippen molar-refractivity contribution in [1.29, 1.82) is 0 Å². The maximum atomic E-state index is 12.4. The lowest BCUT2D eigenvalue weighted by atomic mass is 9.96. The van der Waals surface area contributed by atoms with Crippen LogP contribution in [0.4, 0.5) is 0 Å². The smallest absolute Gasteiger partial charge is 0.220 e. The molecule has 25 heavy (non-hydrogen) atoms. The SMILES string of the molecule is COc1ccc([C@H](CC(C)C)NC(=O)CCc2ccc(C)cc2)cc1. The lowest BCUT2D eigenvalue weighted by Crippen LogP contribution is -2.29. The summed E-state index contributed by atoms with van der Waals surface area (Å²) >= 11 is 0. The Morgan fingerprint density at radius 1 is 1.04 bits per heavy atom. The molecule has 134 valence electrons. The summed E-state index contributed by atoms with van der Waals surface area (Å²) in [5.41, 5.74) is 3.56. The van der Waals surface area contributed by atoms with Crippen molar-refractivity contribution in [2.24, 2.45) is 5.92 Å². The van der Waals surface area contributed by atoms with Crippen LogP contribution < -0.4 is 10.1 Å². The normalized spacial score (nSPS) is 12.0. The van der Waals surface area contributed by atoms with Crippen LogP contribution in [0.3, 0.4) is 0 Å². The van der Waals surface area contributed by atoms with Crippen molar-refractivity contribution in [3.63, 3.8) is 0 Å². The number of amides is 1. The van der Waals surface area contributed by atoms with Crippen LogP contribution in [-0.4, -0.2) is 13.0 Å². The summed E-state index contributed by atoms with van der Waals surface area (Å²) in [6, 6.07) is 16.4. The minimum Gasteiger partial charge on any atom is -0.497 e. The quantitative estimate of drug-likeness (QED) is 0.747. The van der Waals surface area contributed by atoms with Gasteiger partial charge in [0.05, 0.1) is 13.2 Å². The van der Waals surface area contributed by atoms with Crippen molar-refractivity contribution in [3.05, 3.63) is 65.2 Å². The molecular formula is C22H29NO2. The molecule has 0 aliphatic heterocycles. The van der Waals surface area contributed by atoms with E-state index in [1.807, 2.05) is 24.3 Å². The first-order valence-electron chi connectivity index (χ1n) is 8.96. The largest absolute Gasteiger partial charge is 0.497 e. The molecule has 0 fully saturated rings. The van der Waals surface area contributed by atoms with Gasteiger partial charge in [-0.3, -0.25) is 4.79 Å². The highest BCUT2D eigenvalue weighted by Gasteiger charge is 2.16. The Morgan fingerprint density at radius 3 is 2.24 bits per heavy atom. The van der Waals surface area contributed by atoms with Gasteiger partial charge in [0.1, 0.15) is 5.75 Å². The van der Waals surface area contributed by atoms with E-state index in [4.69, 9.17) is 4.74 Å². The molecule has 3 heteroatoms. The highest BCUT2D eigenvalue weighted by Crippen LogP contribution is 2.23. The zero-order valence-corrected chi connectivity index (χ0v) is 15.7. The number of nitrogens with one attached hydrogen (secondary N) is 1. The maximum Gasteiger partial charge on any atom is 0.220 e. The van der Waals surface area contributed by atoms with Crippen molar-refractivity contribution in [2.75, 3.05) is 7.11 Å². The number of hydrogen-bond donors (Lipinski definition) is 1. The van der Waals surface area contributed by atoms with Crippen LogP contribution in [0.2, 0.25) is 0 Å². The number of hydrogen-bond acceptors (Lipinski definition) is 2. The Balaban J connectivity index is 1.97. The van der Waals surface area contributed by atoms with Gasteiger partial charge in [-0.2, -0.15) is 0 Å². The van der Waals surface area contributed by atoms with Crippen molar-refractivity contribution in [2.45, 2.75) is 46.1 Å². The predicted octanol–water partition coefficient (Wildman–Crippen LogP) is 4.84. The van der Waals surface area contributed by atoms with Crippen molar-refractivity contribution >= 4 is 5.91 Å². The van der Waals surface area contributed by atoms with Gasteiger partial charge in [-0.05, 0) is 48.9 Å². The van der Waals surface area contributed by atoms with Crippen LogP contribution in [0.5, 0.6) is 5.75 Å². The number of benzene rings is 2. The number of aryl methyl sites for hydroxylation is 2. The molecule has 0 heterocycles. The van der Waals surface area contributed by atoms with Crippen LogP contribution in [0.1, 0.15) is 49.4 Å². The molecule has 3 nitrogen and oxygen atoms in total. The van der Waals surface area contributed by atoms with Gasteiger partial charge in [0, 0.05) is 6.42 Å².